The maximum absolute atomic E-state index is 13.0. The number of phosphoric acid groups is 2. The highest BCUT2D eigenvalue weighted by atomic mass is 31.2. The normalized spacial score (nSPS) is 14.8. The summed E-state index contributed by atoms with van der Waals surface area (Å²) in [4.78, 5) is 72.3. The Morgan fingerprint density at radius 2 is 0.545 bits per heavy atom. The number of phosphoric ester groups is 2. The van der Waals surface area contributed by atoms with Crippen LogP contribution in [0.5, 0.6) is 0 Å². The molecule has 0 saturated heterocycles. The fourth-order valence-corrected chi connectivity index (χ4v) is 11.9. The zero-order valence-corrected chi connectivity index (χ0v) is 58.8. The van der Waals surface area contributed by atoms with Crippen LogP contribution in [0.4, 0.5) is 0 Å². The second kappa shape index (κ2) is 61.3. The molecular formula is C69H134O17P2. The van der Waals surface area contributed by atoms with E-state index in [4.69, 9.17) is 37.0 Å². The lowest BCUT2D eigenvalue weighted by Crippen LogP contribution is -2.30. The predicted octanol–water partition coefficient (Wildman–Crippen LogP) is 19.6. The zero-order valence-electron chi connectivity index (χ0n) is 57.0. The number of esters is 4. The Kier molecular flexibility index (Phi) is 59.9. The van der Waals surface area contributed by atoms with Crippen LogP contribution in [0.2, 0.25) is 0 Å². The van der Waals surface area contributed by atoms with Crippen LogP contribution < -0.4 is 0 Å². The molecule has 0 rings (SSSR count). The van der Waals surface area contributed by atoms with Crippen LogP contribution in [0.3, 0.4) is 0 Å². The van der Waals surface area contributed by atoms with E-state index >= 15 is 0 Å². The number of aliphatic hydroxyl groups is 1. The predicted molar refractivity (Wildman–Crippen MR) is 354 cm³/mol. The zero-order chi connectivity index (χ0) is 65.0. The minimum absolute atomic E-state index is 0.105. The monoisotopic (exact) mass is 1300 g/mol. The maximum atomic E-state index is 13.0. The summed E-state index contributed by atoms with van der Waals surface area (Å²) in [5, 5.41) is 10.6. The quantitative estimate of drug-likeness (QED) is 0.0222. The molecule has 0 spiro atoms. The van der Waals surface area contributed by atoms with E-state index in [-0.39, 0.29) is 25.7 Å². The summed E-state index contributed by atoms with van der Waals surface area (Å²) in [6.45, 7) is 9.51. The molecule has 7 atom stereocenters. The Morgan fingerprint density at radius 1 is 0.318 bits per heavy atom. The number of rotatable bonds is 68. The third-order valence-electron chi connectivity index (χ3n) is 16.7. The van der Waals surface area contributed by atoms with Gasteiger partial charge in [0.25, 0.3) is 0 Å². The summed E-state index contributed by atoms with van der Waals surface area (Å²) < 4.78 is 68.1. The molecule has 0 heterocycles. The molecular weight excluding hydrogens is 1160 g/mol. The van der Waals surface area contributed by atoms with Gasteiger partial charge in [-0.15, -0.1) is 0 Å². The fourth-order valence-electron chi connectivity index (χ4n) is 10.4. The van der Waals surface area contributed by atoms with E-state index in [1.165, 1.54) is 161 Å². The van der Waals surface area contributed by atoms with Crippen molar-refractivity contribution >= 4 is 39.5 Å². The number of carbonyl (C=O) groups is 4. The van der Waals surface area contributed by atoms with Gasteiger partial charge in [0.15, 0.2) is 12.2 Å². The summed E-state index contributed by atoms with van der Waals surface area (Å²) in [5.41, 5.74) is 0. The van der Waals surface area contributed by atoms with E-state index in [1.54, 1.807) is 0 Å². The van der Waals surface area contributed by atoms with E-state index in [1.807, 2.05) is 0 Å². The highest BCUT2D eigenvalue weighted by Gasteiger charge is 2.30. The number of hydrogen-bond donors (Lipinski definition) is 3. The van der Waals surface area contributed by atoms with Gasteiger partial charge in [-0.3, -0.25) is 37.3 Å². The van der Waals surface area contributed by atoms with Crippen molar-refractivity contribution in [2.75, 3.05) is 39.6 Å². The number of ether oxygens (including phenoxy) is 4. The van der Waals surface area contributed by atoms with E-state index in [0.29, 0.717) is 25.7 Å². The third-order valence-corrected chi connectivity index (χ3v) is 18.6. The average Bonchev–Trinajstić information content (AvgIpc) is 3.56. The van der Waals surface area contributed by atoms with Crippen molar-refractivity contribution in [3.63, 3.8) is 0 Å². The molecule has 0 amide bonds. The van der Waals surface area contributed by atoms with Crippen LogP contribution in [-0.2, 0) is 65.4 Å². The summed E-state index contributed by atoms with van der Waals surface area (Å²) in [6.07, 6.45) is 46.0. The maximum Gasteiger partial charge on any atom is 0.472 e. The molecule has 0 aromatic rings. The fraction of sp³-hybridized carbons (Fsp3) is 0.942. The molecule has 0 aliphatic rings. The second-order valence-corrected chi connectivity index (χ2v) is 28.3. The van der Waals surface area contributed by atoms with Crippen molar-refractivity contribution in [2.24, 2.45) is 11.8 Å². The molecule has 3 N–H and O–H groups in total. The van der Waals surface area contributed by atoms with Gasteiger partial charge in [-0.1, -0.05) is 298 Å². The van der Waals surface area contributed by atoms with Gasteiger partial charge >= 0.3 is 39.5 Å². The first-order valence-corrected chi connectivity index (χ1v) is 39.1. The van der Waals surface area contributed by atoms with Crippen molar-refractivity contribution in [2.45, 2.75) is 368 Å². The minimum Gasteiger partial charge on any atom is -0.462 e. The smallest absolute Gasteiger partial charge is 0.462 e. The van der Waals surface area contributed by atoms with Crippen LogP contribution in [0.1, 0.15) is 350 Å². The molecule has 0 aliphatic heterocycles. The number of hydrogen-bond acceptors (Lipinski definition) is 15. The summed E-state index contributed by atoms with van der Waals surface area (Å²) in [5.74, 6) is -0.522. The highest BCUT2D eigenvalue weighted by molar-refractivity contribution is 7.47. The molecule has 0 aliphatic carbocycles. The van der Waals surface area contributed by atoms with E-state index in [9.17, 15) is 43.2 Å². The van der Waals surface area contributed by atoms with Gasteiger partial charge in [-0.05, 0) is 37.5 Å². The standard InChI is InChI=1S/C69H134O17P2/c1-7-11-13-15-16-17-18-19-20-21-22-30-35-41-47-53-69(74)86-65(58-80-67(72)52-46-40-34-29-25-23-27-32-38-43-49-61(5)9-3)60-84-88(77,78)82-56-63(70)55-81-87(75,76)83-59-64(57-79-66(71)51-45-37-14-12-8-2)85-68(73)54-48-42-36-31-26-24-28-33-39-44-50-62(6)10-4/h61-65,70H,7-60H2,1-6H3,(H,75,76)(H,77,78)/t61?,62?,63-,64+,65+/m0/s1. The lowest BCUT2D eigenvalue weighted by molar-refractivity contribution is -0.161. The lowest BCUT2D eigenvalue weighted by Gasteiger charge is -2.21. The summed E-state index contributed by atoms with van der Waals surface area (Å²) in [6, 6.07) is 0. The number of unbranched alkanes of at least 4 members (excludes halogenated alkanes) is 36. The van der Waals surface area contributed by atoms with Gasteiger partial charge in [0, 0.05) is 25.7 Å². The molecule has 0 radical (unpaired) electrons. The van der Waals surface area contributed by atoms with Crippen LogP contribution in [0.15, 0.2) is 0 Å². The van der Waals surface area contributed by atoms with Crippen LogP contribution in [0.25, 0.3) is 0 Å². The van der Waals surface area contributed by atoms with Gasteiger partial charge in [-0.25, -0.2) is 9.13 Å². The third kappa shape index (κ3) is 60.3. The molecule has 0 aromatic heterocycles. The van der Waals surface area contributed by atoms with Crippen LogP contribution in [-0.4, -0.2) is 96.7 Å². The van der Waals surface area contributed by atoms with Gasteiger partial charge in [-0.2, -0.15) is 0 Å². The van der Waals surface area contributed by atoms with Gasteiger partial charge in [0.2, 0.25) is 0 Å². The van der Waals surface area contributed by atoms with Crippen LogP contribution >= 0.6 is 15.6 Å². The van der Waals surface area contributed by atoms with Crippen molar-refractivity contribution in [3.8, 4) is 0 Å². The topological polar surface area (TPSA) is 237 Å². The van der Waals surface area contributed by atoms with Crippen molar-refractivity contribution in [1.82, 2.24) is 0 Å². The molecule has 0 aromatic carbocycles. The molecule has 0 saturated carbocycles. The molecule has 4 unspecified atom stereocenters. The number of carbonyl (C=O) groups excluding carboxylic acids is 4. The first-order chi connectivity index (χ1) is 42.4. The molecule has 0 bridgehead atoms. The average molecular weight is 1300 g/mol. The van der Waals surface area contributed by atoms with Gasteiger partial charge in [0.05, 0.1) is 26.4 Å². The largest absolute Gasteiger partial charge is 0.472 e. The van der Waals surface area contributed by atoms with E-state index < -0.39 is 97.5 Å². The van der Waals surface area contributed by atoms with Gasteiger partial charge < -0.3 is 33.8 Å². The minimum atomic E-state index is -4.95. The Morgan fingerprint density at radius 3 is 0.807 bits per heavy atom. The van der Waals surface area contributed by atoms with Crippen molar-refractivity contribution < 1.29 is 80.2 Å². The molecule has 88 heavy (non-hydrogen) atoms. The Balaban J connectivity index is 5.17. The second-order valence-electron chi connectivity index (χ2n) is 25.4. The van der Waals surface area contributed by atoms with Crippen molar-refractivity contribution in [3.05, 3.63) is 0 Å². The Hall–Kier alpha value is -1.94. The van der Waals surface area contributed by atoms with Gasteiger partial charge in [0.1, 0.15) is 19.3 Å². The van der Waals surface area contributed by atoms with Crippen molar-refractivity contribution in [1.29, 1.82) is 0 Å². The Bertz CT molecular complexity index is 1720. The van der Waals surface area contributed by atoms with Crippen LogP contribution in [0, 0.1) is 11.8 Å². The first-order valence-electron chi connectivity index (χ1n) is 36.1. The molecule has 17 nitrogen and oxygen atoms in total. The Labute approximate surface area is 537 Å². The first kappa shape index (κ1) is 86.1. The molecule has 19 heteroatoms. The lowest BCUT2D eigenvalue weighted by atomic mass is 9.99. The molecule has 0 fully saturated rings. The van der Waals surface area contributed by atoms with E-state index in [2.05, 4.69) is 41.5 Å². The summed E-state index contributed by atoms with van der Waals surface area (Å²) in [7, 11) is -9.89. The molecule has 522 valence electrons. The highest BCUT2D eigenvalue weighted by Crippen LogP contribution is 2.45. The summed E-state index contributed by atoms with van der Waals surface area (Å²) >= 11 is 0. The van der Waals surface area contributed by atoms with E-state index in [0.717, 1.165) is 108 Å². The number of aliphatic hydroxyl groups excluding tert-OH is 1. The SMILES string of the molecule is CCCCCCCCCCCCCCCCCC(=O)O[C@H](COC(=O)CCCCCCCCCCCCC(C)CC)COP(=O)(O)OC[C@@H](O)COP(=O)(O)OC[C@@H](COC(=O)CCCCCCC)OC(=O)CCCCCCCCCCCCC(C)CC.